The van der Waals surface area contributed by atoms with Crippen LogP contribution in [0.4, 0.5) is 5.69 Å². The van der Waals surface area contributed by atoms with Gasteiger partial charge in [-0.2, -0.15) is 0 Å². The summed E-state index contributed by atoms with van der Waals surface area (Å²) in [4.78, 5) is 37.4. The second-order valence-electron chi connectivity index (χ2n) is 11.1. The number of para-hydroxylation sites is 2. The fourth-order valence-corrected chi connectivity index (χ4v) is 4.64. The van der Waals surface area contributed by atoms with E-state index < -0.39 is 23.4 Å². The summed E-state index contributed by atoms with van der Waals surface area (Å²) in [6.45, 7) is 4.81. The van der Waals surface area contributed by atoms with Crippen molar-refractivity contribution < 1.29 is 29.0 Å². The maximum Gasteiger partial charge on any atom is 0.343 e. The third-order valence-corrected chi connectivity index (χ3v) is 7.07. The first-order valence-electron chi connectivity index (χ1n) is 14.6. The number of benzene rings is 4. The van der Waals surface area contributed by atoms with Gasteiger partial charge in [0.15, 0.2) is 5.75 Å². The lowest BCUT2D eigenvalue weighted by molar-refractivity contribution is -0.137. The van der Waals surface area contributed by atoms with E-state index >= 15 is 0 Å². The molecule has 0 aliphatic rings. The highest BCUT2D eigenvalue weighted by Gasteiger charge is 2.27. The first-order chi connectivity index (χ1) is 21.2. The van der Waals surface area contributed by atoms with Gasteiger partial charge >= 0.3 is 11.9 Å². The van der Waals surface area contributed by atoms with Gasteiger partial charge in [-0.3, -0.25) is 4.79 Å². The Morgan fingerprint density at radius 2 is 1.43 bits per heavy atom. The van der Waals surface area contributed by atoms with E-state index in [9.17, 15) is 19.5 Å². The number of carboxylic acid groups (broad SMARTS) is 1. The van der Waals surface area contributed by atoms with Gasteiger partial charge in [-0.1, -0.05) is 86.6 Å². The van der Waals surface area contributed by atoms with Crippen LogP contribution < -0.4 is 20.1 Å². The number of carbonyl (C=O) groups excluding carboxylic acids is 2. The van der Waals surface area contributed by atoms with E-state index in [1.165, 1.54) is 0 Å². The lowest BCUT2D eigenvalue weighted by Gasteiger charge is -2.23. The molecule has 1 amide bonds. The standard InChI is InChI=1S/C36H38N2O6/c1-36(2,25-27-12-5-3-6-13-27)35(42)37-22-11-23-43-29-20-18-26(19-21-29)24-31(33(39)40)38-30-16-9-10-17-32(30)44-34(41)28-14-7-4-8-15-28/h3-10,12-21,31,38H,11,22-25H2,1-2H3,(H,37,42)(H,39,40). The molecule has 0 heterocycles. The highest BCUT2D eigenvalue weighted by atomic mass is 16.5. The van der Waals surface area contributed by atoms with Crippen molar-refractivity contribution in [1.82, 2.24) is 5.32 Å². The van der Waals surface area contributed by atoms with E-state index in [0.29, 0.717) is 43.0 Å². The lowest BCUT2D eigenvalue weighted by atomic mass is 9.85. The Morgan fingerprint density at radius 3 is 2.11 bits per heavy atom. The number of rotatable bonds is 15. The van der Waals surface area contributed by atoms with E-state index in [1.54, 1.807) is 66.7 Å². The van der Waals surface area contributed by atoms with Gasteiger partial charge in [0.1, 0.15) is 11.8 Å². The van der Waals surface area contributed by atoms with E-state index in [1.807, 2.05) is 56.3 Å². The molecule has 4 aromatic carbocycles. The summed E-state index contributed by atoms with van der Waals surface area (Å²) in [5, 5.41) is 15.9. The largest absolute Gasteiger partial charge is 0.494 e. The third kappa shape index (κ3) is 9.46. The molecule has 8 heteroatoms. The van der Waals surface area contributed by atoms with Crippen LogP contribution >= 0.6 is 0 Å². The van der Waals surface area contributed by atoms with Crippen LogP contribution in [0.5, 0.6) is 11.5 Å². The summed E-state index contributed by atoms with van der Waals surface area (Å²) in [5.41, 5.74) is 2.20. The SMILES string of the molecule is CC(C)(Cc1ccccc1)C(=O)NCCCOc1ccc(CC(Nc2ccccc2OC(=O)c2ccccc2)C(=O)O)cc1. The van der Waals surface area contributed by atoms with Crippen LogP contribution in [0.3, 0.4) is 0 Å². The molecule has 3 N–H and O–H groups in total. The number of hydrogen-bond acceptors (Lipinski definition) is 6. The second-order valence-corrected chi connectivity index (χ2v) is 11.1. The Morgan fingerprint density at radius 1 is 0.795 bits per heavy atom. The first-order valence-corrected chi connectivity index (χ1v) is 14.6. The average molecular weight is 595 g/mol. The number of carbonyl (C=O) groups is 3. The molecule has 4 aromatic rings. The van der Waals surface area contributed by atoms with Crippen LogP contribution in [0.15, 0.2) is 109 Å². The quantitative estimate of drug-likeness (QED) is 0.0857. The molecule has 0 saturated heterocycles. The topological polar surface area (TPSA) is 114 Å². The fourth-order valence-electron chi connectivity index (χ4n) is 4.64. The summed E-state index contributed by atoms with van der Waals surface area (Å²) < 4.78 is 11.4. The molecule has 0 aliphatic heterocycles. The molecule has 44 heavy (non-hydrogen) atoms. The molecular formula is C36H38N2O6. The van der Waals surface area contributed by atoms with Crippen molar-refractivity contribution in [2.75, 3.05) is 18.5 Å². The van der Waals surface area contributed by atoms with Gasteiger partial charge in [0.2, 0.25) is 5.91 Å². The van der Waals surface area contributed by atoms with Gasteiger partial charge in [-0.25, -0.2) is 9.59 Å². The molecule has 0 spiro atoms. The summed E-state index contributed by atoms with van der Waals surface area (Å²) >= 11 is 0. The van der Waals surface area contributed by atoms with E-state index in [-0.39, 0.29) is 18.1 Å². The molecule has 0 radical (unpaired) electrons. The number of amides is 1. The molecule has 0 bridgehead atoms. The zero-order chi connectivity index (χ0) is 31.4. The highest BCUT2D eigenvalue weighted by Crippen LogP contribution is 2.27. The Balaban J connectivity index is 1.24. The van der Waals surface area contributed by atoms with Crippen LogP contribution in [-0.4, -0.2) is 42.1 Å². The summed E-state index contributed by atoms with van der Waals surface area (Å²) in [6, 6.07) is 31.6. The molecule has 1 atom stereocenters. The zero-order valence-electron chi connectivity index (χ0n) is 25.0. The third-order valence-electron chi connectivity index (χ3n) is 7.07. The minimum absolute atomic E-state index is 0.00396. The number of carboxylic acids is 1. The summed E-state index contributed by atoms with van der Waals surface area (Å²) in [6.07, 6.45) is 1.50. The van der Waals surface area contributed by atoms with Crippen molar-refractivity contribution in [3.63, 3.8) is 0 Å². The van der Waals surface area contributed by atoms with Crippen LogP contribution in [-0.2, 0) is 22.4 Å². The molecule has 0 fully saturated rings. The van der Waals surface area contributed by atoms with Crippen LogP contribution in [0.2, 0.25) is 0 Å². The van der Waals surface area contributed by atoms with Gasteiger partial charge in [-0.05, 0) is 60.4 Å². The predicted molar refractivity (Wildman–Crippen MR) is 170 cm³/mol. The monoisotopic (exact) mass is 594 g/mol. The molecule has 0 aromatic heterocycles. The van der Waals surface area contributed by atoms with E-state index in [4.69, 9.17) is 9.47 Å². The number of ether oxygens (including phenoxy) is 2. The number of esters is 1. The van der Waals surface area contributed by atoms with Crippen LogP contribution in [0.1, 0.15) is 41.8 Å². The van der Waals surface area contributed by atoms with Gasteiger partial charge in [0, 0.05) is 18.4 Å². The Hall–Kier alpha value is -5.11. The minimum atomic E-state index is -1.04. The Bertz CT molecular complexity index is 1520. The average Bonchev–Trinajstić information content (AvgIpc) is 3.02. The van der Waals surface area contributed by atoms with Crippen LogP contribution in [0, 0.1) is 5.41 Å². The number of anilines is 1. The molecule has 228 valence electrons. The maximum absolute atomic E-state index is 12.7. The van der Waals surface area contributed by atoms with Crippen molar-refractivity contribution in [3.05, 3.63) is 126 Å². The van der Waals surface area contributed by atoms with Crippen molar-refractivity contribution in [1.29, 1.82) is 0 Å². The molecular weight excluding hydrogens is 556 g/mol. The van der Waals surface area contributed by atoms with Gasteiger partial charge < -0.3 is 25.2 Å². The Labute approximate surface area is 258 Å². The zero-order valence-corrected chi connectivity index (χ0v) is 25.0. The normalized spacial score (nSPS) is 11.7. The Kier molecular flexibility index (Phi) is 11.1. The molecule has 0 aliphatic carbocycles. The summed E-state index contributed by atoms with van der Waals surface area (Å²) in [5.74, 6) is -0.667. The van der Waals surface area contributed by atoms with Crippen molar-refractivity contribution in [2.24, 2.45) is 5.41 Å². The number of nitrogens with one attached hydrogen (secondary N) is 2. The van der Waals surface area contributed by atoms with Crippen molar-refractivity contribution in [3.8, 4) is 11.5 Å². The van der Waals surface area contributed by atoms with E-state index in [2.05, 4.69) is 10.6 Å². The maximum atomic E-state index is 12.7. The highest BCUT2D eigenvalue weighted by molar-refractivity contribution is 5.92. The van der Waals surface area contributed by atoms with Crippen molar-refractivity contribution in [2.45, 2.75) is 39.2 Å². The molecule has 4 rings (SSSR count). The van der Waals surface area contributed by atoms with Crippen molar-refractivity contribution >= 4 is 23.5 Å². The number of aliphatic carboxylic acids is 1. The van der Waals surface area contributed by atoms with Crippen LogP contribution in [0.25, 0.3) is 0 Å². The predicted octanol–water partition coefficient (Wildman–Crippen LogP) is 6.17. The van der Waals surface area contributed by atoms with Gasteiger partial charge in [0.25, 0.3) is 0 Å². The minimum Gasteiger partial charge on any atom is -0.494 e. The second kappa shape index (κ2) is 15.4. The summed E-state index contributed by atoms with van der Waals surface area (Å²) in [7, 11) is 0. The molecule has 1 unspecified atom stereocenters. The first kappa shape index (κ1) is 31.8. The van der Waals surface area contributed by atoms with E-state index in [0.717, 1.165) is 11.1 Å². The van der Waals surface area contributed by atoms with Gasteiger partial charge in [-0.15, -0.1) is 0 Å². The molecule has 8 nitrogen and oxygen atoms in total. The lowest BCUT2D eigenvalue weighted by Crippen LogP contribution is -2.39. The van der Waals surface area contributed by atoms with Gasteiger partial charge in [0.05, 0.1) is 17.9 Å². The number of hydrogen-bond donors (Lipinski definition) is 3. The smallest absolute Gasteiger partial charge is 0.343 e. The molecule has 0 saturated carbocycles. The fraction of sp³-hybridized carbons (Fsp3) is 0.250.